The van der Waals surface area contributed by atoms with E-state index in [1.165, 1.54) is 0 Å². The number of alkyl halides is 4. The first kappa shape index (κ1) is 12.7. The Labute approximate surface area is 83.5 Å². The van der Waals surface area contributed by atoms with Crippen LogP contribution in [0.5, 0.6) is 0 Å². The van der Waals surface area contributed by atoms with Crippen molar-refractivity contribution in [3.8, 4) is 0 Å². The molecule has 0 aliphatic rings. The van der Waals surface area contributed by atoms with Gasteiger partial charge in [-0.05, 0) is 6.07 Å². The second-order valence-corrected chi connectivity index (χ2v) is 2.77. The quantitative estimate of drug-likeness (QED) is 0.427. The number of halogens is 8. The Hall–Kier alpha value is -1.34. The molecule has 0 aromatic heterocycles. The molecule has 0 N–H and O–H groups in total. The van der Waals surface area contributed by atoms with Crippen molar-refractivity contribution in [1.29, 1.82) is 0 Å². The lowest BCUT2D eigenvalue weighted by Crippen LogP contribution is -2.26. The predicted octanol–water partition coefficient (Wildman–Crippen LogP) is 3.60. The second-order valence-electron chi connectivity index (χ2n) is 2.77. The van der Waals surface area contributed by atoms with Crippen molar-refractivity contribution in [2.45, 2.75) is 12.3 Å². The minimum Gasteiger partial charge on any atom is -0.204 e. The minimum absolute atomic E-state index is 0.500. The molecule has 0 fully saturated rings. The Bertz CT molecular complexity index is 411. The molecule has 16 heavy (non-hydrogen) atoms. The van der Waals surface area contributed by atoms with Crippen molar-refractivity contribution >= 4 is 0 Å². The van der Waals surface area contributed by atoms with Crippen LogP contribution in [0.15, 0.2) is 6.07 Å². The lowest BCUT2D eigenvalue weighted by Gasteiger charge is -2.16. The van der Waals surface area contributed by atoms with Gasteiger partial charge in [0.05, 0.1) is 5.56 Å². The van der Waals surface area contributed by atoms with Gasteiger partial charge in [0, 0.05) is 0 Å². The third-order valence-electron chi connectivity index (χ3n) is 1.74. The van der Waals surface area contributed by atoms with Crippen LogP contribution in [0.25, 0.3) is 0 Å². The highest BCUT2D eigenvalue weighted by Gasteiger charge is 2.46. The molecule has 1 aromatic rings. The maximum Gasteiger partial charge on any atom is 0.335 e. The molecule has 0 bridgehead atoms. The Balaban J connectivity index is 3.47. The minimum atomic E-state index is -5.10. The first-order valence-electron chi connectivity index (χ1n) is 3.69. The van der Waals surface area contributed by atoms with E-state index in [0.29, 0.717) is 0 Å². The summed E-state index contributed by atoms with van der Waals surface area (Å²) in [5.74, 6) is -14.7. The van der Waals surface area contributed by atoms with Crippen LogP contribution >= 0.6 is 0 Å². The fourth-order valence-corrected chi connectivity index (χ4v) is 0.933. The number of benzene rings is 1. The molecular formula is C8H2F8. The van der Waals surface area contributed by atoms with Crippen LogP contribution in [-0.2, 0) is 5.92 Å². The van der Waals surface area contributed by atoms with E-state index in [9.17, 15) is 35.1 Å². The molecule has 8 heteroatoms. The zero-order chi connectivity index (χ0) is 12.7. The molecular weight excluding hydrogens is 248 g/mol. The number of hydrogen-bond acceptors (Lipinski definition) is 0. The monoisotopic (exact) mass is 250 g/mol. The SMILES string of the molecule is Fc1cc(C(F)(F)C(F)F)c(F)c(F)c1F. The van der Waals surface area contributed by atoms with Crippen LogP contribution in [0.1, 0.15) is 5.56 Å². The number of rotatable bonds is 2. The molecule has 90 valence electrons. The van der Waals surface area contributed by atoms with Gasteiger partial charge in [0.15, 0.2) is 23.3 Å². The lowest BCUT2D eigenvalue weighted by atomic mass is 10.1. The molecule has 1 rings (SSSR count). The van der Waals surface area contributed by atoms with Crippen molar-refractivity contribution in [1.82, 2.24) is 0 Å². The maximum atomic E-state index is 12.7. The van der Waals surface area contributed by atoms with E-state index in [1.54, 1.807) is 0 Å². The van der Waals surface area contributed by atoms with E-state index in [4.69, 9.17) is 0 Å². The van der Waals surface area contributed by atoms with Gasteiger partial charge in [0.25, 0.3) is 0 Å². The zero-order valence-electron chi connectivity index (χ0n) is 7.18. The van der Waals surface area contributed by atoms with Crippen molar-refractivity contribution in [2.75, 3.05) is 0 Å². The number of hydrogen-bond donors (Lipinski definition) is 0. The molecule has 0 saturated heterocycles. The second kappa shape index (κ2) is 3.91. The smallest absolute Gasteiger partial charge is 0.204 e. The van der Waals surface area contributed by atoms with E-state index in [1.807, 2.05) is 0 Å². The topological polar surface area (TPSA) is 0 Å². The Morgan fingerprint density at radius 2 is 1.38 bits per heavy atom. The van der Waals surface area contributed by atoms with E-state index in [-0.39, 0.29) is 0 Å². The summed E-state index contributed by atoms with van der Waals surface area (Å²) in [6.07, 6.45) is -4.37. The Morgan fingerprint density at radius 3 is 1.81 bits per heavy atom. The van der Waals surface area contributed by atoms with Gasteiger partial charge in [0.2, 0.25) is 0 Å². The summed E-state index contributed by atoms with van der Waals surface area (Å²) in [4.78, 5) is 0. The van der Waals surface area contributed by atoms with Crippen LogP contribution in [0.4, 0.5) is 35.1 Å². The summed E-state index contributed by atoms with van der Waals surface area (Å²) in [5, 5.41) is 0. The summed E-state index contributed by atoms with van der Waals surface area (Å²) in [5.41, 5.74) is -2.22. The summed E-state index contributed by atoms with van der Waals surface area (Å²) in [7, 11) is 0. The van der Waals surface area contributed by atoms with E-state index < -0.39 is 47.2 Å². The van der Waals surface area contributed by atoms with E-state index >= 15 is 0 Å². The van der Waals surface area contributed by atoms with Gasteiger partial charge in [-0.2, -0.15) is 8.78 Å². The maximum absolute atomic E-state index is 12.7. The molecule has 0 spiro atoms. The average molecular weight is 250 g/mol. The van der Waals surface area contributed by atoms with Crippen molar-refractivity contribution in [2.24, 2.45) is 0 Å². The van der Waals surface area contributed by atoms with E-state index in [2.05, 4.69) is 0 Å². The third kappa shape index (κ3) is 1.83. The van der Waals surface area contributed by atoms with Crippen LogP contribution in [0.2, 0.25) is 0 Å². The van der Waals surface area contributed by atoms with Crippen LogP contribution in [0.3, 0.4) is 0 Å². The highest BCUT2D eigenvalue weighted by Crippen LogP contribution is 2.37. The van der Waals surface area contributed by atoms with Crippen LogP contribution < -0.4 is 0 Å². The molecule has 0 aliphatic heterocycles. The molecule has 0 atom stereocenters. The Morgan fingerprint density at radius 1 is 0.875 bits per heavy atom. The summed E-state index contributed by atoms with van der Waals surface area (Å²) >= 11 is 0. The molecule has 0 aliphatic carbocycles. The summed E-state index contributed by atoms with van der Waals surface area (Å²) in [6, 6.07) is -0.500. The Kier molecular flexibility index (Phi) is 3.11. The fraction of sp³-hybridized carbons (Fsp3) is 0.250. The average Bonchev–Trinajstić information content (AvgIpc) is 2.19. The molecule has 1 aromatic carbocycles. The van der Waals surface area contributed by atoms with Gasteiger partial charge < -0.3 is 0 Å². The normalized spacial score (nSPS) is 12.3. The fourth-order valence-electron chi connectivity index (χ4n) is 0.933. The van der Waals surface area contributed by atoms with Gasteiger partial charge >= 0.3 is 12.3 Å². The van der Waals surface area contributed by atoms with Gasteiger partial charge in [-0.15, -0.1) is 0 Å². The molecule has 0 unspecified atom stereocenters. The van der Waals surface area contributed by atoms with Crippen LogP contribution in [0, 0.1) is 23.3 Å². The van der Waals surface area contributed by atoms with Gasteiger partial charge in [-0.3, -0.25) is 0 Å². The van der Waals surface area contributed by atoms with Crippen molar-refractivity contribution < 1.29 is 35.1 Å². The molecule has 0 heterocycles. The summed E-state index contributed by atoms with van der Waals surface area (Å²) in [6.45, 7) is 0. The first-order chi connectivity index (χ1) is 7.19. The molecule has 0 radical (unpaired) electrons. The highest BCUT2D eigenvalue weighted by molar-refractivity contribution is 5.26. The van der Waals surface area contributed by atoms with E-state index in [0.717, 1.165) is 0 Å². The van der Waals surface area contributed by atoms with Crippen molar-refractivity contribution in [3.05, 3.63) is 34.9 Å². The molecule has 0 saturated carbocycles. The summed E-state index contributed by atoms with van der Waals surface area (Å²) < 4.78 is 98.7. The van der Waals surface area contributed by atoms with Gasteiger partial charge in [-0.1, -0.05) is 0 Å². The highest BCUT2D eigenvalue weighted by atomic mass is 19.3. The first-order valence-corrected chi connectivity index (χ1v) is 3.69. The molecule has 0 nitrogen and oxygen atoms in total. The zero-order valence-corrected chi connectivity index (χ0v) is 7.18. The standard InChI is InChI=1S/C8H2F8/c9-3-1-2(8(15,16)7(13)14)4(10)6(12)5(3)11/h1,7H. The third-order valence-corrected chi connectivity index (χ3v) is 1.74. The predicted molar refractivity (Wildman–Crippen MR) is 36.2 cm³/mol. The van der Waals surface area contributed by atoms with Crippen molar-refractivity contribution in [3.63, 3.8) is 0 Å². The largest absolute Gasteiger partial charge is 0.335 e. The van der Waals surface area contributed by atoms with Gasteiger partial charge in [0.1, 0.15) is 0 Å². The van der Waals surface area contributed by atoms with Crippen LogP contribution in [-0.4, -0.2) is 6.43 Å². The van der Waals surface area contributed by atoms with Gasteiger partial charge in [-0.25, -0.2) is 26.3 Å². The molecule has 0 amide bonds. The lowest BCUT2D eigenvalue weighted by molar-refractivity contribution is -0.137.